The highest BCUT2D eigenvalue weighted by atomic mass is 16.6. The Labute approximate surface area is 137 Å². The molecule has 2 aliphatic rings. The SMILES string of the molecule is CC(C)N1CCC2(CC1)OCC(C(=O)O)N2C(=O)OC(C)(C)C. The van der Waals surface area contributed by atoms with Crippen molar-refractivity contribution >= 4 is 12.1 Å². The zero-order chi connectivity index (χ0) is 17.4. The summed E-state index contributed by atoms with van der Waals surface area (Å²) in [5.74, 6) is -1.06. The molecule has 0 aromatic carbocycles. The molecule has 0 radical (unpaired) electrons. The molecule has 0 saturated carbocycles. The van der Waals surface area contributed by atoms with Crippen molar-refractivity contribution in [3.05, 3.63) is 0 Å². The number of aliphatic carboxylic acids is 1. The topological polar surface area (TPSA) is 79.3 Å². The second-order valence-electron chi connectivity index (χ2n) is 7.59. The molecule has 2 aliphatic heterocycles. The van der Waals surface area contributed by atoms with Gasteiger partial charge >= 0.3 is 12.1 Å². The number of carbonyl (C=O) groups is 2. The molecule has 0 aromatic rings. The molecule has 23 heavy (non-hydrogen) atoms. The molecule has 0 aliphatic carbocycles. The molecule has 2 fully saturated rings. The lowest BCUT2D eigenvalue weighted by Crippen LogP contribution is -2.59. The first-order chi connectivity index (χ1) is 10.6. The van der Waals surface area contributed by atoms with Crippen LogP contribution in [0.3, 0.4) is 0 Å². The molecular weight excluding hydrogens is 300 g/mol. The van der Waals surface area contributed by atoms with Crippen LogP contribution in [0.1, 0.15) is 47.5 Å². The molecule has 1 N–H and O–H groups in total. The smallest absolute Gasteiger partial charge is 0.413 e. The van der Waals surface area contributed by atoms with Gasteiger partial charge in [-0.1, -0.05) is 0 Å². The quantitative estimate of drug-likeness (QED) is 0.834. The Bertz CT molecular complexity index is 464. The molecule has 7 nitrogen and oxygen atoms in total. The van der Waals surface area contributed by atoms with E-state index < -0.39 is 29.4 Å². The summed E-state index contributed by atoms with van der Waals surface area (Å²) in [4.78, 5) is 27.8. The maximum absolute atomic E-state index is 12.6. The first kappa shape index (κ1) is 18.0. The first-order valence-electron chi connectivity index (χ1n) is 8.19. The Balaban J connectivity index is 2.21. The summed E-state index contributed by atoms with van der Waals surface area (Å²) >= 11 is 0. The van der Waals surface area contributed by atoms with E-state index in [1.54, 1.807) is 20.8 Å². The molecule has 132 valence electrons. The summed E-state index contributed by atoms with van der Waals surface area (Å²) in [6.07, 6.45) is 0.572. The van der Waals surface area contributed by atoms with Crippen LogP contribution in [0, 0.1) is 0 Å². The van der Waals surface area contributed by atoms with Crippen molar-refractivity contribution in [2.24, 2.45) is 0 Å². The van der Waals surface area contributed by atoms with E-state index in [-0.39, 0.29) is 6.61 Å². The molecule has 1 unspecified atom stereocenters. The van der Waals surface area contributed by atoms with Gasteiger partial charge in [0.15, 0.2) is 6.04 Å². The van der Waals surface area contributed by atoms with Crippen molar-refractivity contribution in [3.8, 4) is 0 Å². The van der Waals surface area contributed by atoms with Gasteiger partial charge in [0, 0.05) is 32.0 Å². The maximum atomic E-state index is 12.6. The molecule has 1 atom stereocenters. The van der Waals surface area contributed by atoms with Crippen molar-refractivity contribution in [2.75, 3.05) is 19.7 Å². The predicted octanol–water partition coefficient (Wildman–Crippen LogP) is 1.91. The maximum Gasteiger partial charge on any atom is 0.413 e. The van der Waals surface area contributed by atoms with Crippen molar-refractivity contribution in [1.29, 1.82) is 0 Å². The second-order valence-corrected chi connectivity index (χ2v) is 7.59. The summed E-state index contributed by atoms with van der Waals surface area (Å²) in [7, 11) is 0. The number of likely N-dealkylation sites (tertiary alicyclic amines) is 1. The zero-order valence-corrected chi connectivity index (χ0v) is 14.7. The van der Waals surface area contributed by atoms with Gasteiger partial charge in [-0.15, -0.1) is 0 Å². The fourth-order valence-corrected chi connectivity index (χ4v) is 3.22. The van der Waals surface area contributed by atoms with E-state index in [1.807, 2.05) is 0 Å². The van der Waals surface area contributed by atoms with E-state index in [1.165, 1.54) is 4.90 Å². The normalized spacial score (nSPS) is 25.1. The Morgan fingerprint density at radius 1 is 1.26 bits per heavy atom. The molecule has 0 bridgehead atoms. The first-order valence-corrected chi connectivity index (χ1v) is 8.19. The Kier molecular flexibility index (Phi) is 4.92. The number of rotatable bonds is 2. The third-order valence-corrected chi connectivity index (χ3v) is 4.45. The summed E-state index contributed by atoms with van der Waals surface area (Å²) in [5.41, 5.74) is -1.54. The van der Waals surface area contributed by atoms with E-state index in [0.29, 0.717) is 18.9 Å². The molecular formula is C16H28N2O5. The average Bonchev–Trinajstić information content (AvgIpc) is 2.76. The fourth-order valence-electron chi connectivity index (χ4n) is 3.22. The molecule has 2 rings (SSSR count). The van der Waals surface area contributed by atoms with Gasteiger partial charge in [0.1, 0.15) is 11.3 Å². The van der Waals surface area contributed by atoms with Crippen molar-refractivity contribution < 1.29 is 24.2 Å². The minimum absolute atomic E-state index is 0.0102. The second kappa shape index (κ2) is 6.28. The van der Waals surface area contributed by atoms with Gasteiger partial charge in [0.05, 0.1) is 6.61 Å². The van der Waals surface area contributed by atoms with Crippen LogP contribution in [0.5, 0.6) is 0 Å². The number of carboxylic acid groups (broad SMARTS) is 1. The lowest BCUT2D eigenvalue weighted by molar-refractivity contribution is -0.147. The minimum Gasteiger partial charge on any atom is -0.480 e. The van der Waals surface area contributed by atoms with Crippen LogP contribution in [0.4, 0.5) is 4.79 Å². The van der Waals surface area contributed by atoms with Crippen molar-refractivity contribution in [1.82, 2.24) is 9.80 Å². The van der Waals surface area contributed by atoms with Crippen LogP contribution < -0.4 is 0 Å². The standard InChI is InChI=1S/C16H28N2O5/c1-11(2)17-8-6-16(7-9-17)18(12(10-22-16)13(19)20)14(21)23-15(3,4)5/h11-12H,6-10H2,1-5H3,(H,19,20). The molecule has 2 heterocycles. The number of piperidine rings is 1. The fraction of sp³-hybridized carbons (Fsp3) is 0.875. The van der Waals surface area contributed by atoms with E-state index in [4.69, 9.17) is 9.47 Å². The number of carboxylic acids is 1. The van der Waals surface area contributed by atoms with Gasteiger partial charge < -0.3 is 19.5 Å². The van der Waals surface area contributed by atoms with Crippen LogP contribution in [-0.2, 0) is 14.3 Å². The van der Waals surface area contributed by atoms with Gasteiger partial charge in [-0.05, 0) is 34.6 Å². The number of ether oxygens (including phenoxy) is 2. The van der Waals surface area contributed by atoms with Gasteiger partial charge in [-0.3, -0.25) is 4.90 Å². The van der Waals surface area contributed by atoms with E-state index in [0.717, 1.165) is 13.1 Å². The van der Waals surface area contributed by atoms with Gasteiger partial charge in [-0.25, -0.2) is 9.59 Å². The summed E-state index contributed by atoms with van der Waals surface area (Å²) in [6.45, 7) is 11.1. The molecule has 1 spiro atoms. The molecule has 2 saturated heterocycles. The van der Waals surface area contributed by atoms with Crippen molar-refractivity contribution in [2.45, 2.75) is 70.9 Å². The number of carbonyl (C=O) groups excluding carboxylic acids is 1. The average molecular weight is 328 g/mol. The highest BCUT2D eigenvalue weighted by molar-refractivity contribution is 5.81. The zero-order valence-electron chi connectivity index (χ0n) is 14.7. The summed E-state index contributed by atoms with van der Waals surface area (Å²) < 4.78 is 11.3. The van der Waals surface area contributed by atoms with Crippen LogP contribution >= 0.6 is 0 Å². The number of nitrogens with zero attached hydrogens (tertiary/aromatic N) is 2. The molecule has 0 aromatic heterocycles. The Morgan fingerprint density at radius 2 is 1.83 bits per heavy atom. The Morgan fingerprint density at radius 3 is 2.26 bits per heavy atom. The third kappa shape index (κ3) is 3.77. The highest BCUT2D eigenvalue weighted by Gasteiger charge is 2.55. The highest BCUT2D eigenvalue weighted by Crippen LogP contribution is 2.38. The largest absolute Gasteiger partial charge is 0.480 e. The monoisotopic (exact) mass is 328 g/mol. The van der Waals surface area contributed by atoms with E-state index in [9.17, 15) is 14.7 Å². The lowest BCUT2D eigenvalue weighted by Gasteiger charge is -2.45. The van der Waals surface area contributed by atoms with E-state index >= 15 is 0 Å². The van der Waals surface area contributed by atoms with Gasteiger partial charge in [0.2, 0.25) is 0 Å². The van der Waals surface area contributed by atoms with Crippen LogP contribution in [0.2, 0.25) is 0 Å². The minimum atomic E-state index is -1.06. The predicted molar refractivity (Wildman–Crippen MR) is 84.1 cm³/mol. The van der Waals surface area contributed by atoms with Crippen LogP contribution in [0.15, 0.2) is 0 Å². The van der Waals surface area contributed by atoms with Gasteiger partial charge in [-0.2, -0.15) is 0 Å². The summed E-state index contributed by atoms with van der Waals surface area (Å²) in [6, 6.07) is -0.575. The number of amides is 1. The Hall–Kier alpha value is -1.34. The van der Waals surface area contributed by atoms with Crippen LogP contribution in [0.25, 0.3) is 0 Å². The molecule has 7 heteroatoms. The number of hydrogen-bond donors (Lipinski definition) is 1. The lowest BCUT2D eigenvalue weighted by atomic mass is 9.97. The number of hydrogen-bond acceptors (Lipinski definition) is 5. The van der Waals surface area contributed by atoms with Crippen molar-refractivity contribution in [3.63, 3.8) is 0 Å². The summed E-state index contributed by atoms with van der Waals surface area (Å²) in [5, 5.41) is 9.45. The third-order valence-electron chi connectivity index (χ3n) is 4.45. The van der Waals surface area contributed by atoms with Gasteiger partial charge in [0.25, 0.3) is 0 Å². The van der Waals surface area contributed by atoms with E-state index in [2.05, 4.69) is 18.7 Å². The molecule has 1 amide bonds. The van der Waals surface area contributed by atoms with Crippen LogP contribution in [-0.4, -0.2) is 70.1 Å².